The maximum absolute atomic E-state index is 11.6. The van der Waals surface area contributed by atoms with Crippen LogP contribution in [-0.4, -0.2) is 63.7 Å². The molecule has 2 N–H and O–H groups in total. The zero-order valence-electron chi connectivity index (χ0n) is 17.4. The van der Waals surface area contributed by atoms with Crippen LogP contribution in [0.5, 0.6) is 5.75 Å². The molecule has 1 amide bonds. The van der Waals surface area contributed by atoms with E-state index in [-0.39, 0.29) is 5.91 Å². The van der Waals surface area contributed by atoms with Gasteiger partial charge in [0, 0.05) is 33.1 Å². The second kappa shape index (κ2) is 12.2. The zero-order valence-corrected chi connectivity index (χ0v) is 17.4. The van der Waals surface area contributed by atoms with Crippen molar-refractivity contribution in [1.29, 1.82) is 0 Å². The van der Waals surface area contributed by atoms with E-state index in [1.165, 1.54) is 0 Å². The zero-order chi connectivity index (χ0) is 20.2. The van der Waals surface area contributed by atoms with Gasteiger partial charge < -0.3 is 25.0 Å². The van der Waals surface area contributed by atoms with Crippen LogP contribution >= 0.6 is 0 Å². The van der Waals surface area contributed by atoms with Crippen molar-refractivity contribution in [2.24, 2.45) is 10.9 Å². The molecule has 1 aromatic carbocycles. The molecule has 7 heteroatoms. The number of likely N-dealkylation sites (tertiary alicyclic amines) is 1. The Morgan fingerprint density at radius 1 is 1.32 bits per heavy atom. The van der Waals surface area contributed by atoms with E-state index < -0.39 is 0 Å². The van der Waals surface area contributed by atoms with Crippen LogP contribution in [0.15, 0.2) is 29.3 Å². The van der Waals surface area contributed by atoms with Crippen molar-refractivity contribution in [3.63, 3.8) is 0 Å². The molecule has 7 nitrogen and oxygen atoms in total. The monoisotopic (exact) mass is 390 g/mol. The van der Waals surface area contributed by atoms with Crippen LogP contribution in [0.25, 0.3) is 0 Å². The lowest BCUT2D eigenvalue weighted by Gasteiger charge is -2.34. The van der Waals surface area contributed by atoms with Gasteiger partial charge in [-0.05, 0) is 43.4 Å². The van der Waals surface area contributed by atoms with Gasteiger partial charge >= 0.3 is 0 Å². The Hall–Kier alpha value is -2.28. The summed E-state index contributed by atoms with van der Waals surface area (Å²) in [7, 11) is 3.36. The highest BCUT2D eigenvalue weighted by Crippen LogP contribution is 2.20. The molecule has 28 heavy (non-hydrogen) atoms. The third kappa shape index (κ3) is 7.38. The van der Waals surface area contributed by atoms with E-state index >= 15 is 0 Å². The number of ether oxygens (including phenoxy) is 2. The summed E-state index contributed by atoms with van der Waals surface area (Å²) in [6.45, 7) is 6.50. The van der Waals surface area contributed by atoms with Gasteiger partial charge in [-0.25, -0.2) is 0 Å². The molecule has 2 rings (SSSR count). The lowest BCUT2D eigenvalue weighted by molar-refractivity contribution is -0.121. The topological polar surface area (TPSA) is 75.2 Å². The van der Waals surface area contributed by atoms with Crippen LogP contribution in [0.3, 0.4) is 0 Å². The number of hydrogen-bond acceptors (Lipinski definition) is 4. The summed E-state index contributed by atoms with van der Waals surface area (Å²) in [5.41, 5.74) is 1.09. The number of aliphatic imine (C=N–C) groups is 1. The lowest BCUT2D eigenvalue weighted by atomic mass is 9.93. The van der Waals surface area contributed by atoms with Gasteiger partial charge in [-0.2, -0.15) is 0 Å². The summed E-state index contributed by atoms with van der Waals surface area (Å²) in [4.78, 5) is 18.5. The number of amides is 1. The molecule has 0 spiro atoms. The highest BCUT2D eigenvalue weighted by Gasteiger charge is 2.22. The number of rotatable bonds is 9. The molecule has 1 aliphatic rings. The second-order valence-electron chi connectivity index (χ2n) is 6.95. The molecule has 0 saturated carbocycles. The van der Waals surface area contributed by atoms with E-state index in [1.807, 2.05) is 24.3 Å². The Bertz CT molecular complexity index is 628. The number of methoxy groups -OCH3 is 1. The SMILES string of the molecule is CCNC(=NCCOCc1cccc(OC)c1)N1CCC(CC(=O)NC)CC1. The van der Waals surface area contributed by atoms with E-state index in [1.54, 1.807) is 14.2 Å². The third-order valence-corrected chi connectivity index (χ3v) is 4.90. The van der Waals surface area contributed by atoms with Gasteiger partial charge in [0.25, 0.3) is 0 Å². The van der Waals surface area contributed by atoms with E-state index in [4.69, 9.17) is 14.5 Å². The first-order valence-corrected chi connectivity index (χ1v) is 10.1. The average molecular weight is 391 g/mol. The van der Waals surface area contributed by atoms with Crippen molar-refractivity contribution >= 4 is 11.9 Å². The van der Waals surface area contributed by atoms with Crippen LogP contribution in [0.2, 0.25) is 0 Å². The number of nitrogens with one attached hydrogen (secondary N) is 2. The molecule has 1 fully saturated rings. The number of carbonyl (C=O) groups is 1. The quantitative estimate of drug-likeness (QED) is 0.383. The number of benzene rings is 1. The molecule has 1 heterocycles. The summed E-state index contributed by atoms with van der Waals surface area (Å²) in [6.07, 6.45) is 2.66. The Kier molecular flexibility index (Phi) is 9.62. The molecule has 0 unspecified atom stereocenters. The Morgan fingerprint density at radius 3 is 2.79 bits per heavy atom. The molecule has 0 bridgehead atoms. The summed E-state index contributed by atoms with van der Waals surface area (Å²) in [5.74, 6) is 2.37. The minimum absolute atomic E-state index is 0.132. The fourth-order valence-corrected chi connectivity index (χ4v) is 3.31. The van der Waals surface area contributed by atoms with Gasteiger partial charge in [-0.15, -0.1) is 0 Å². The summed E-state index contributed by atoms with van der Waals surface area (Å²) in [6, 6.07) is 7.90. The number of carbonyl (C=O) groups excluding carboxylic acids is 1. The molecular formula is C21H34N4O3. The van der Waals surface area contributed by atoms with E-state index in [9.17, 15) is 4.79 Å². The Labute approximate surface area is 168 Å². The standard InChI is InChI=1S/C21H34N4O3/c1-4-23-21(25-11-8-17(9-12-25)15-20(26)22-2)24-10-13-28-16-18-6-5-7-19(14-18)27-3/h5-7,14,17H,4,8-13,15-16H2,1-3H3,(H,22,26)(H,23,24). The van der Waals surface area contributed by atoms with Crippen molar-refractivity contribution in [2.75, 3.05) is 46.9 Å². The summed E-state index contributed by atoms with van der Waals surface area (Å²) >= 11 is 0. The minimum atomic E-state index is 0.132. The third-order valence-electron chi connectivity index (χ3n) is 4.90. The molecule has 1 saturated heterocycles. The Morgan fingerprint density at radius 2 is 2.11 bits per heavy atom. The fraction of sp³-hybridized carbons (Fsp3) is 0.619. The molecule has 0 radical (unpaired) electrons. The highest BCUT2D eigenvalue weighted by molar-refractivity contribution is 5.80. The van der Waals surface area contributed by atoms with Crippen LogP contribution in [0.1, 0.15) is 31.7 Å². The second-order valence-corrected chi connectivity index (χ2v) is 6.95. The molecule has 1 aliphatic heterocycles. The maximum atomic E-state index is 11.6. The van der Waals surface area contributed by atoms with Crippen LogP contribution < -0.4 is 15.4 Å². The van der Waals surface area contributed by atoms with Crippen LogP contribution in [0.4, 0.5) is 0 Å². The van der Waals surface area contributed by atoms with Crippen molar-refractivity contribution in [1.82, 2.24) is 15.5 Å². The maximum Gasteiger partial charge on any atom is 0.220 e. The van der Waals surface area contributed by atoms with Crippen molar-refractivity contribution in [3.05, 3.63) is 29.8 Å². The normalized spacial score (nSPS) is 15.4. The van der Waals surface area contributed by atoms with E-state index in [2.05, 4.69) is 22.5 Å². The van der Waals surface area contributed by atoms with Gasteiger partial charge in [0.15, 0.2) is 5.96 Å². The number of piperidine rings is 1. The highest BCUT2D eigenvalue weighted by atomic mass is 16.5. The molecular weight excluding hydrogens is 356 g/mol. The first kappa shape index (κ1) is 22.0. The van der Waals surface area contributed by atoms with Crippen LogP contribution in [0, 0.1) is 5.92 Å². The van der Waals surface area contributed by atoms with Crippen molar-refractivity contribution < 1.29 is 14.3 Å². The fourth-order valence-electron chi connectivity index (χ4n) is 3.31. The van der Waals surface area contributed by atoms with Gasteiger partial charge in [0.1, 0.15) is 5.75 Å². The lowest BCUT2D eigenvalue weighted by Crippen LogP contribution is -2.46. The van der Waals surface area contributed by atoms with Gasteiger partial charge in [-0.1, -0.05) is 12.1 Å². The first-order valence-electron chi connectivity index (χ1n) is 10.1. The number of guanidine groups is 1. The van der Waals surface area contributed by atoms with Gasteiger partial charge in [0.2, 0.25) is 5.91 Å². The molecule has 0 aromatic heterocycles. The van der Waals surface area contributed by atoms with Crippen LogP contribution in [-0.2, 0) is 16.1 Å². The number of nitrogens with zero attached hydrogens (tertiary/aromatic N) is 2. The predicted octanol–water partition coefficient (Wildman–Crippen LogP) is 2.03. The van der Waals surface area contributed by atoms with Gasteiger partial charge in [0.05, 0.1) is 26.9 Å². The van der Waals surface area contributed by atoms with Crippen molar-refractivity contribution in [3.8, 4) is 5.75 Å². The minimum Gasteiger partial charge on any atom is -0.497 e. The van der Waals surface area contributed by atoms with E-state index in [0.29, 0.717) is 32.1 Å². The van der Waals surface area contributed by atoms with E-state index in [0.717, 1.165) is 49.7 Å². The molecule has 156 valence electrons. The first-order chi connectivity index (χ1) is 13.7. The number of hydrogen-bond donors (Lipinski definition) is 2. The molecule has 0 aliphatic carbocycles. The average Bonchev–Trinajstić information content (AvgIpc) is 2.73. The molecule has 0 atom stereocenters. The van der Waals surface area contributed by atoms with Crippen molar-refractivity contribution in [2.45, 2.75) is 32.8 Å². The van der Waals surface area contributed by atoms with Gasteiger partial charge in [-0.3, -0.25) is 9.79 Å². The largest absolute Gasteiger partial charge is 0.497 e. The summed E-state index contributed by atoms with van der Waals surface area (Å²) in [5, 5.41) is 6.08. The Balaban J connectivity index is 1.75. The summed E-state index contributed by atoms with van der Waals surface area (Å²) < 4.78 is 11.0. The smallest absolute Gasteiger partial charge is 0.220 e. The predicted molar refractivity (Wildman–Crippen MR) is 112 cm³/mol. The molecule has 1 aromatic rings.